The molecule has 0 aliphatic heterocycles. The maximum Gasteiger partial charge on any atom is 0.241 e. The van der Waals surface area contributed by atoms with Crippen molar-refractivity contribution < 1.29 is 13.2 Å². The van der Waals surface area contributed by atoms with E-state index < -0.39 is 16.1 Å². The third-order valence-corrected chi connectivity index (χ3v) is 6.70. The first-order chi connectivity index (χ1) is 11.7. The third kappa shape index (κ3) is 5.79. The van der Waals surface area contributed by atoms with Crippen LogP contribution in [0, 0.1) is 11.8 Å². The van der Waals surface area contributed by atoms with Crippen molar-refractivity contribution in [3.63, 3.8) is 0 Å². The normalized spacial score (nSPS) is 22.6. The molecule has 1 aliphatic rings. The predicted molar refractivity (Wildman–Crippen MR) is 103 cm³/mol. The predicted octanol–water partition coefficient (Wildman–Crippen LogP) is 3.45. The van der Waals surface area contributed by atoms with E-state index in [2.05, 4.69) is 32.9 Å². The molecule has 2 N–H and O–H groups in total. The molecule has 0 aromatic heterocycles. The summed E-state index contributed by atoms with van der Waals surface area (Å²) in [7, 11) is -3.75. The zero-order valence-corrected chi connectivity index (χ0v) is 17.4. The van der Waals surface area contributed by atoms with Crippen molar-refractivity contribution >= 4 is 31.9 Å². The summed E-state index contributed by atoms with van der Waals surface area (Å²) in [4.78, 5) is 12.8. The Morgan fingerprint density at radius 3 is 2.20 bits per heavy atom. The van der Waals surface area contributed by atoms with Crippen molar-refractivity contribution in [1.82, 2.24) is 10.0 Å². The number of amides is 1. The SMILES string of the molecule is CC1CCC(NC(=O)[C@H](NS(=O)(=O)c2ccc(Br)cc2)C(C)C)CC1. The highest BCUT2D eigenvalue weighted by atomic mass is 79.9. The lowest BCUT2D eigenvalue weighted by atomic mass is 9.87. The minimum Gasteiger partial charge on any atom is -0.352 e. The van der Waals surface area contributed by atoms with Crippen molar-refractivity contribution in [3.05, 3.63) is 28.7 Å². The number of benzene rings is 1. The van der Waals surface area contributed by atoms with Crippen LogP contribution in [0.25, 0.3) is 0 Å². The summed E-state index contributed by atoms with van der Waals surface area (Å²) in [6.07, 6.45) is 4.11. The van der Waals surface area contributed by atoms with E-state index in [1.807, 2.05) is 13.8 Å². The molecular weight excluding hydrogens is 404 g/mol. The first-order valence-electron chi connectivity index (χ1n) is 8.77. The van der Waals surface area contributed by atoms with Gasteiger partial charge in [0.25, 0.3) is 0 Å². The average molecular weight is 431 g/mol. The highest BCUT2D eigenvalue weighted by Crippen LogP contribution is 2.24. The van der Waals surface area contributed by atoms with E-state index in [0.29, 0.717) is 5.92 Å². The Morgan fingerprint density at radius 1 is 1.12 bits per heavy atom. The fourth-order valence-corrected chi connectivity index (χ4v) is 4.64. The number of rotatable bonds is 6. The van der Waals surface area contributed by atoms with Crippen LogP contribution in [0.4, 0.5) is 0 Å². The Labute approximate surface area is 159 Å². The fourth-order valence-electron chi connectivity index (χ4n) is 3.04. The Morgan fingerprint density at radius 2 is 1.68 bits per heavy atom. The van der Waals surface area contributed by atoms with Gasteiger partial charge in [0.05, 0.1) is 4.90 Å². The van der Waals surface area contributed by atoms with E-state index in [9.17, 15) is 13.2 Å². The summed E-state index contributed by atoms with van der Waals surface area (Å²) in [5.74, 6) is 0.313. The second-order valence-electron chi connectivity index (χ2n) is 7.26. The molecule has 1 aromatic rings. The van der Waals surface area contributed by atoms with Crippen molar-refractivity contribution in [1.29, 1.82) is 0 Å². The van der Waals surface area contributed by atoms with Crippen LogP contribution >= 0.6 is 15.9 Å². The molecule has 0 saturated heterocycles. The molecule has 7 heteroatoms. The molecule has 140 valence electrons. The van der Waals surface area contributed by atoms with E-state index >= 15 is 0 Å². The number of hydrogen-bond donors (Lipinski definition) is 2. The lowest BCUT2D eigenvalue weighted by Crippen LogP contribution is -2.52. The second kappa shape index (κ2) is 8.64. The minimum absolute atomic E-state index is 0.141. The summed E-state index contributed by atoms with van der Waals surface area (Å²) in [6, 6.07) is 5.73. The Kier molecular flexibility index (Phi) is 7.05. The van der Waals surface area contributed by atoms with Crippen LogP contribution in [-0.4, -0.2) is 26.4 Å². The number of carbonyl (C=O) groups excluding carboxylic acids is 1. The van der Waals surface area contributed by atoms with Crippen LogP contribution in [0.3, 0.4) is 0 Å². The minimum atomic E-state index is -3.75. The number of halogens is 1. The van der Waals surface area contributed by atoms with E-state index in [4.69, 9.17) is 0 Å². The molecule has 1 fully saturated rings. The fraction of sp³-hybridized carbons (Fsp3) is 0.611. The van der Waals surface area contributed by atoms with Gasteiger partial charge in [-0.05, 0) is 61.8 Å². The maximum absolute atomic E-state index is 12.7. The van der Waals surface area contributed by atoms with Crippen LogP contribution in [0.15, 0.2) is 33.6 Å². The van der Waals surface area contributed by atoms with Gasteiger partial charge in [-0.2, -0.15) is 4.72 Å². The number of hydrogen-bond acceptors (Lipinski definition) is 3. The first kappa shape index (κ1) is 20.4. The molecule has 2 rings (SSSR count). The first-order valence-corrected chi connectivity index (χ1v) is 11.0. The molecule has 0 heterocycles. The summed E-state index contributed by atoms with van der Waals surface area (Å²) in [5.41, 5.74) is 0. The second-order valence-corrected chi connectivity index (χ2v) is 9.89. The molecule has 1 aromatic carbocycles. The van der Waals surface area contributed by atoms with Crippen molar-refractivity contribution in [2.45, 2.75) is 63.4 Å². The lowest BCUT2D eigenvalue weighted by Gasteiger charge is -2.29. The largest absolute Gasteiger partial charge is 0.352 e. The van der Waals surface area contributed by atoms with Gasteiger partial charge in [-0.1, -0.05) is 36.7 Å². The maximum atomic E-state index is 12.7. The zero-order chi connectivity index (χ0) is 18.6. The molecular formula is C18H27BrN2O3S. The van der Waals surface area contributed by atoms with E-state index in [0.717, 1.165) is 30.2 Å². The summed E-state index contributed by atoms with van der Waals surface area (Å²) in [5, 5.41) is 3.03. The standard InChI is InChI=1S/C18H27BrN2O3S/c1-12(2)17(18(22)20-15-8-4-13(3)5-9-15)21-25(23,24)16-10-6-14(19)7-11-16/h6-7,10-13,15,17,21H,4-5,8-9H2,1-3H3,(H,20,22)/t13?,15?,17-/m1/s1. The molecule has 25 heavy (non-hydrogen) atoms. The van der Waals surface area contributed by atoms with Gasteiger partial charge in [-0.25, -0.2) is 8.42 Å². The van der Waals surface area contributed by atoms with Crippen molar-refractivity contribution in [2.75, 3.05) is 0 Å². The third-order valence-electron chi connectivity index (χ3n) is 4.72. The molecule has 5 nitrogen and oxygen atoms in total. The zero-order valence-electron chi connectivity index (χ0n) is 15.0. The van der Waals surface area contributed by atoms with E-state index in [-0.39, 0.29) is 22.8 Å². The topological polar surface area (TPSA) is 75.3 Å². The molecule has 0 spiro atoms. The Hall–Kier alpha value is -0.920. The molecule has 1 atom stereocenters. The monoisotopic (exact) mass is 430 g/mol. The number of sulfonamides is 1. The van der Waals surface area contributed by atoms with Crippen LogP contribution in [0.5, 0.6) is 0 Å². The summed E-state index contributed by atoms with van der Waals surface area (Å²) < 4.78 is 28.6. The molecule has 0 radical (unpaired) electrons. The van der Waals surface area contributed by atoms with Crippen molar-refractivity contribution in [3.8, 4) is 0 Å². The molecule has 0 unspecified atom stereocenters. The van der Waals surface area contributed by atoms with Gasteiger partial charge < -0.3 is 5.32 Å². The Balaban J connectivity index is 2.06. The van der Waals surface area contributed by atoms with Crippen molar-refractivity contribution in [2.24, 2.45) is 11.8 Å². The highest BCUT2D eigenvalue weighted by Gasteiger charge is 2.30. The number of nitrogens with one attached hydrogen (secondary N) is 2. The summed E-state index contributed by atoms with van der Waals surface area (Å²) in [6.45, 7) is 5.91. The van der Waals surface area contributed by atoms with Gasteiger partial charge >= 0.3 is 0 Å². The van der Waals surface area contributed by atoms with Crippen LogP contribution in [-0.2, 0) is 14.8 Å². The van der Waals surface area contributed by atoms with Gasteiger partial charge in [-0.3, -0.25) is 4.79 Å². The molecule has 1 aliphatic carbocycles. The molecule has 1 amide bonds. The molecule has 1 saturated carbocycles. The van der Waals surface area contributed by atoms with Crippen LogP contribution in [0.1, 0.15) is 46.5 Å². The highest BCUT2D eigenvalue weighted by molar-refractivity contribution is 9.10. The number of carbonyl (C=O) groups is 1. The summed E-state index contributed by atoms with van der Waals surface area (Å²) >= 11 is 3.29. The van der Waals surface area contributed by atoms with Gasteiger partial charge in [-0.15, -0.1) is 0 Å². The van der Waals surface area contributed by atoms with E-state index in [1.165, 1.54) is 12.1 Å². The van der Waals surface area contributed by atoms with Gasteiger partial charge in [0.2, 0.25) is 15.9 Å². The Bertz CT molecular complexity index is 681. The average Bonchev–Trinajstić information content (AvgIpc) is 2.55. The van der Waals surface area contributed by atoms with Crippen LogP contribution in [0.2, 0.25) is 0 Å². The van der Waals surface area contributed by atoms with E-state index in [1.54, 1.807) is 12.1 Å². The quantitative estimate of drug-likeness (QED) is 0.725. The van der Waals surface area contributed by atoms with Gasteiger partial charge in [0.1, 0.15) is 6.04 Å². The molecule has 0 bridgehead atoms. The smallest absolute Gasteiger partial charge is 0.241 e. The van der Waals surface area contributed by atoms with Crippen LogP contribution < -0.4 is 10.0 Å². The van der Waals surface area contributed by atoms with Gasteiger partial charge in [0, 0.05) is 10.5 Å². The lowest BCUT2D eigenvalue weighted by molar-refractivity contribution is -0.124. The van der Waals surface area contributed by atoms with Gasteiger partial charge in [0.15, 0.2) is 0 Å².